The first kappa shape index (κ1) is 17.9. The first-order valence-electron chi connectivity index (χ1n) is 7.21. The first-order valence-corrected chi connectivity index (χ1v) is 7.21. The second-order valence-electron chi connectivity index (χ2n) is 5.19. The molecule has 3 N–H and O–H groups in total. The van der Waals surface area contributed by atoms with Crippen molar-refractivity contribution in [3.05, 3.63) is 0 Å². The molecule has 112 valence electrons. The summed E-state index contributed by atoms with van der Waals surface area (Å²) in [4.78, 5) is 25.9. The van der Waals surface area contributed by atoms with Crippen LogP contribution in [-0.2, 0) is 9.59 Å². The fourth-order valence-electron chi connectivity index (χ4n) is 1.78. The van der Waals surface area contributed by atoms with E-state index in [-0.39, 0.29) is 18.4 Å². The zero-order chi connectivity index (χ0) is 14.9. The summed E-state index contributed by atoms with van der Waals surface area (Å²) in [5.74, 6) is -0.120. The van der Waals surface area contributed by atoms with Crippen LogP contribution in [0.25, 0.3) is 0 Å². The molecule has 0 aromatic carbocycles. The minimum absolute atomic E-state index is 0.0222. The summed E-state index contributed by atoms with van der Waals surface area (Å²) >= 11 is 0. The van der Waals surface area contributed by atoms with Crippen molar-refractivity contribution in [2.45, 2.75) is 47.0 Å². The van der Waals surface area contributed by atoms with Gasteiger partial charge in [-0.3, -0.25) is 9.59 Å². The lowest BCUT2D eigenvalue weighted by Crippen LogP contribution is -2.49. The Bertz CT molecular complexity index is 288. The molecule has 0 aromatic rings. The van der Waals surface area contributed by atoms with Gasteiger partial charge in [-0.1, -0.05) is 20.8 Å². The Balaban J connectivity index is 4.71. The van der Waals surface area contributed by atoms with Gasteiger partial charge in [0.1, 0.15) is 0 Å². The molecule has 0 saturated heterocycles. The fraction of sp³-hybridized carbons (Fsp3) is 0.857. The van der Waals surface area contributed by atoms with Gasteiger partial charge in [-0.25, -0.2) is 0 Å². The lowest BCUT2D eigenvalue weighted by molar-refractivity contribution is -0.144. The SMILES string of the molecule is CCCNC(=O)CN(CCC)C(=O)C(C)(CC)CN. The van der Waals surface area contributed by atoms with Crippen LogP contribution in [0.2, 0.25) is 0 Å². The quantitative estimate of drug-likeness (QED) is 0.660. The van der Waals surface area contributed by atoms with E-state index in [2.05, 4.69) is 5.32 Å². The topological polar surface area (TPSA) is 75.4 Å². The largest absolute Gasteiger partial charge is 0.355 e. The van der Waals surface area contributed by atoms with Crippen molar-refractivity contribution in [3.8, 4) is 0 Å². The molecule has 0 heterocycles. The van der Waals surface area contributed by atoms with Crippen molar-refractivity contribution in [2.75, 3.05) is 26.2 Å². The van der Waals surface area contributed by atoms with Crippen molar-refractivity contribution >= 4 is 11.8 Å². The molecular formula is C14H29N3O2. The average molecular weight is 271 g/mol. The highest BCUT2D eigenvalue weighted by Crippen LogP contribution is 2.22. The number of rotatable bonds is 9. The van der Waals surface area contributed by atoms with Gasteiger partial charge in [0, 0.05) is 19.6 Å². The minimum Gasteiger partial charge on any atom is -0.355 e. The third kappa shape index (κ3) is 5.59. The van der Waals surface area contributed by atoms with Crippen molar-refractivity contribution in [2.24, 2.45) is 11.1 Å². The number of carbonyl (C=O) groups excluding carboxylic acids is 2. The fourth-order valence-corrected chi connectivity index (χ4v) is 1.78. The highest BCUT2D eigenvalue weighted by atomic mass is 16.2. The maximum Gasteiger partial charge on any atom is 0.239 e. The summed E-state index contributed by atoms with van der Waals surface area (Å²) in [6, 6.07) is 0. The highest BCUT2D eigenvalue weighted by molar-refractivity contribution is 5.87. The molecule has 1 unspecified atom stereocenters. The lowest BCUT2D eigenvalue weighted by atomic mass is 9.86. The van der Waals surface area contributed by atoms with Gasteiger partial charge < -0.3 is 16.0 Å². The van der Waals surface area contributed by atoms with Crippen molar-refractivity contribution in [3.63, 3.8) is 0 Å². The van der Waals surface area contributed by atoms with E-state index in [0.29, 0.717) is 26.1 Å². The van der Waals surface area contributed by atoms with Gasteiger partial charge in [0.15, 0.2) is 0 Å². The molecule has 0 spiro atoms. The van der Waals surface area contributed by atoms with E-state index in [9.17, 15) is 9.59 Å². The average Bonchev–Trinajstić information content (AvgIpc) is 2.42. The predicted octanol–water partition coefficient (Wildman–Crippen LogP) is 1.13. The van der Waals surface area contributed by atoms with E-state index in [1.165, 1.54) is 0 Å². The normalized spacial score (nSPS) is 13.7. The van der Waals surface area contributed by atoms with E-state index in [0.717, 1.165) is 12.8 Å². The first-order chi connectivity index (χ1) is 8.95. The van der Waals surface area contributed by atoms with Crippen molar-refractivity contribution in [1.29, 1.82) is 0 Å². The summed E-state index contributed by atoms with van der Waals surface area (Å²) in [6.45, 7) is 9.48. The molecule has 0 aromatic heterocycles. The van der Waals surface area contributed by atoms with Crippen molar-refractivity contribution < 1.29 is 9.59 Å². The molecule has 2 amide bonds. The maximum absolute atomic E-state index is 12.5. The monoisotopic (exact) mass is 271 g/mol. The van der Waals surface area contributed by atoms with E-state index >= 15 is 0 Å². The Kier molecular flexibility index (Phi) is 8.39. The molecule has 0 rings (SSSR count). The zero-order valence-corrected chi connectivity index (χ0v) is 12.8. The Morgan fingerprint density at radius 1 is 1.21 bits per heavy atom. The summed E-state index contributed by atoms with van der Waals surface area (Å²) < 4.78 is 0. The van der Waals surface area contributed by atoms with Crippen LogP contribution in [0.1, 0.15) is 47.0 Å². The molecule has 19 heavy (non-hydrogen) atoms. The van der Waals surface area contributed by atoms with Crippen LogP contribution < -0.4 is 11.1 Å². The van der Waals surface area contributed by atoms with Crippen LogP contribution in [0.4, 0.5) is 0 Å². The van der Waals surface area contributed by atoms with Gasteiger partial charge >= 0.3 is 0 Å². The molecular weight excluding hydrogens is 242 g/mol. The number of amides is 2. The smallest absolute Gasteiger partial charge is 0.239 e. The van der Waals surface area contributed by atoms with E-state index in [4.69, 9.17) is 5.73 Å². The van der Waals surface area contributed by atoms with Gasteiger partial charge in [0.25, 0.3) is 0 Å². The van der Waals surface area contributed by atoms with Gasteiger partial charge in [-0.15, -0.1) is 0 Å². The number of hydrogen-bond acceptors (Lipinski definition) is 3. The van der Waals surface area contributed by atoms with E-state index in [1.807, 2.05) is 27.7 Å². The molecule has 0 aliphatic rings. The van der Waals surface area contributed by atoms with Crippen LogP contribution in [0.5, 0.6) is 0 Å². The molecule has 1 atom stereocenters. The maximum atomic E-state index is 12.5. The van der Waals surface area contributed by atoms with Gasteiger partial charge in [-0.05, 0) is 26.2 Å². The Hall–Kier alpha value is -1.10. The van der Waals surface area contributed by atoms with Crippen LogP contribution in [0.15, 0.2) is 0 Å². The number of hydrogen-bond donors (Lipinski definition) is 2. The number of carbonyl (C=O) groups is 2. The zero-order valence-electron chi connectivity index (χ0n) is 12.8. The predicted molar refractivity (Wildman–Crippen MR) is 77.6 cm³/mol. The van der Waals surface area contributed by atoms with Crippen molar-refractivity contribution in [1.82, 2.24) is 10.2 Å². The van der Waals surface area contributed by atoms with Crippen LogP contribution >= 0.6 is 0 Å². The molecule has 0 saturated carbocycles. The van der Waals surface area contributed by atoms with Crippen LogP contribution in [0.3, 0.4) is 0 Å². The number of nitrogens with one attached hydrogen (secondary N) is 1. The summed E-state index contributed by atoms with van der Waals surface area (Å²) in [6.07, 6.45) is 2.40. The third-order valence-electron chi connectivity index (χ3n) is 3.43. The second kappa shape index (κ2) is 8.91. The third-order valence-corrected chi connectivity index (χ3v) is 3.43. The highest BCUT2D eigenvalue weighted by Gasteiger charge is 2.34. The minimum atomic E-state index is -0.569. The molecule has 0 bridgehead atoms. The lowest BCUT2D eigenvalue weighted by Gasteiger charge is -2.32. The van der Waals surface area contributed by atoms with Gasteiger partial charge in [-0.2, -0.15) is 0 Å². The molecule has 0 aliphatic heterocycles. The molecule has 0 fully saturated rings. The Morgan fingerprint density at radius 2 is 1.84 bits per heavy atom. The summed E-state index contributed by atoms with van der Waals surface area (Å²) in [7, 11) is 0. The molecule has 0 radical (unpaired) electrons. The Morgan fingerprint density at radius 3 is 2.26 bits per heavy atom. The molecule has 0 aliphatic carbocycles. The molecule has 5 nitrogen and oxygen atoms in total. The number of nitrogens with zero attached hydrogens (tertiary/aromatic N) is 1. The van der Waals surface area contributed by atoms with Gasteiger partial charge in [0.05, 0.1) is 12.0 Å². The van der Waals surface area contributed by atoms with Crippen LogP contribution in [-0.4, -0.2) is 42.9 Å². The summed E-state index contributed by atoms with van der Waals surface area (Å²) in [5, 5.41) is 2.80. The Labute approximate surface area is 116 Å². The number of nitrogens with two attached hydrogens (primary N) is 1. The van der Waals surface area contributed by atoms with E-state index in [1.54, 1.807) is 4.90 Å². The second-order valence-corrected chi connectivity index (χ2v) is 5.19. The summed E-state index contributed by atoms with van der Waals surface area (Å²) in [5.41, 5.74) is 5.15. The van der Waals surface area contributed by atoms with Crippen LogP contribution in [0, 0.1) is 5.41 Å². The standard InChI is InChI=1S/C14H29N3O2/c1-5-8-16-12(18)10-17(9-6-2)13(19)14(4,7-3)11-15/h5-11,15H2,1-4H3,(H,16,18). The van der Waals surface area contributed by atoms with E-state index < -0.39 is 5.41 Å². The molecule has 5 heteroatoms. The van der Waals surface area contributed by atoms with Gasteiger partial charge in [0.2, 0.25) is 11.8 Å².